The van der Waals surface area contributed by atoms with Gasteiger partial charge in [-0.1, -0.05) is 244 Å². The van der Waals surface area contributed by atoms with Gasteiger partial charge in [-0.2, -0.15) is 0 Å². The summed E-state index contributed by atoms with van der Waals surface area (Å²) in [5, 5.41) is 0. The molecule has 0 spiro atoms. The van der Waals surface area contributed by atoms with Crippen LogP contribution in [0.4, 0.5) is 10.1 Å². The second-order valence-corrected chi connectivity index (χ2v) is 17.8. The van der Waals surface area contributed by atoms with Crippen LogP contribution in [0.3, 0.4) is 0 Å². The zero-order valence-electron chi connectivity index (χ0n) is 38.3. The molecule has 0 atom stereocenters. The first-order valence-corrected chi connectivity index (χ1v) is 25.3. The summed E-state index contributed by atoms with van der Waals surface area (Å²) < 4.78 is 17.4. The fourth-order valence-electron chi connectivity index (χ4n) is 8.44. The van der Waals surface area contributed by atoms with E-state index in [2.05, 4.69) is 36.9 Å². The van der Waals surface area contributed by atoms with Gasteiger partial charge in [0.2, 0.25) is 0 Å². The van der Waals surface area contributed by atoms with E-state index in [9.17, 15) is 0 Å². The van der Waals surface area contributed by atoms with E-state index in [0.717, 1.165) is 24.3 Å². The van der Waals surface area contributed by atoms with Crippen molar-refractivity contribution in [1.29, 1.82) is 0 Å². The molecule has 0 bridgehead atoms. The number of rotatable bonds is 41. The van der Waals surface area contributed by atoms with Crippen LogP contribution in [0.15, 0.2) is 42.7 Å². The molecule has 57 heavy (non-hydrogen) atoms. The first-order chi connectivity index (χ1) is 28.1. The van der Waals surface area contributed by atoms with Crippen LogP contribution in [0.2, 0.25) is 0 Å². The summed E-state index contributed by atoms with van der Waals surface area (Å²) in [7, 11) is 2.01. The molecule has 2 aromatic rings. The Kier molecular flexibility index (Phi) is 34.0. The van der Waals surface area contributed by atoms with E-state index < -0.39 is 0 Å². The third-order valence-electron chi connectivity index (χ3n) is 12.4. The quantitative estimate of drug-likeness (QED) is 0.0481. The van der Waals surface area contributed by atoms with E-state index in [-0.39, 0.29) is 5.82 Å². The maximum atomic E-state index is 15.4. The van der Waals surface area contributed by atoms with Crippen molar-refractivity contribution in [1.82, 2.24) is 0 Å². The largest absolute Gasteiger partial charge is 0.371 e. The molecule has 3 heteroatoms. The average molecular weight is 790 g/mol. The van der Waals surface area contributed by atoms with Crippen molar-refractivity contribution < 1.29 is 8.96 Å². The van der Waals surface area contributed by atoms with Gasteiger partial charge >= 0.3 is 0 Å². The van der Waals surface area contributed by atoms with Gasteiger partial charge < -0.3 is 4.90 Å². The molecular formula is C54H94FN2+. The van der Waals surface area contributed by atoms with E-state index >= 15 is 4.39 Å². The minimum atomic E-state index is -0.120. The Labute approximate surface area is 355 Å². The molecule has 0 N–H and O–H groups in total. The van der Waals surface area contributed by atoms with E-state index in [1.54, 1.807) is 6.07 Å². The zero-order chi connectivity index (χ0) is 40.7. The fraction of sp³-hybridized carbons (Fsp3) is 0.759. The standard InChI is InChI=1S/C54H94FN2/c1-4-6-8-10-12-14-16-18-20-22-24-26-28-30-32-34-36-38-46-57(53-43-42-52(54(55)50-53)41-40-51-44-48-56(3)49-45-51)47-39-37-35-33-31-29-27-25-23-21-19-17-15-13-11-9-7-5-2/h40-45,48-50H,4-39,46-47H2,1-3H3/q+1. The fourth-order valence-corrected chi connectivity index (χ4v) is 8.44. The lowest BCUT2D eigenvalue weighted by Crippen LogP contribution is -2.26. The normalized spacial score (nSPS) is 11.6. The molecule has 0 unspecified atom stereocenters. The van der Waals surface area contributed by atoms with Crippen LogP contribution in [-0.4, -0.2) is 13.1 Å². The Morgan fingerprint density at radius 1 is 0.421 bits per heavy atom. The van der Waals surface area contributed by atoms with Crippen LogP contribution < -0.4 is 9.47 Å². The number of hydrogen-bond donors (Lipinski definition) is 0. The first-order valence-electron chi connectivity index (χ1n) is 25.3. The van der Waals surface area contributed by atoms with Gasteiger partial charge in [0.1, 0.15) is 12.9 Å². The molecule has 326 valence electrons. The Balaban J connectivity index is 1.62. The van der Waals surface area contributed by atoms with Gasteiger partial charge in [0.05, 0.1) is 0 Å². The predicted octanol–water partition coefficient (Wildman–Crippen LogP) is 17.7. The number of hydrogen-bond acceptors (Lipinski definition) is 1. The van der Waals surface area contributed by atoms with Gasteiger partial charge in [-0.15, -0.1) is 0 Å². The maximum Gasteiger partial charge on any atom is 0.169 e. The first kappa shape index (κ1) is 51.0. The van der Waals surface area contributed by atoms with Crippen molar-refractivity contribution in [2.45, 2.75) is 245 Å². The minimum Gasteiger partial charge on any atom is -0.371 e. The number of aryl methyl sites for hydroxylation is 1. The Bertz CT molecular complexity index is 1130. The minimum absolute atomic E-state index is 0.120. The van der Waals surface area contributed by atoms with Crippen molar-refractivity contribution in [3.63, 3.8) is 0 Å². The summed E-state index contributed by atoms with van der Waals surface area (Å²) in [6.45, 7) is 6.67. The number of anilines is 1. The molecule has 1 aromatic carbocycles. The van der Waals surface area contributed by atoms with Crippen molar-refractivity contribution in [2.24, 2.45) is 7.05 Å². The molecule has 0 saturated carbocycles. The van der Waals surface area contributed by atoms with Gasteiger partial charge in [0.25, 0.3) is 0 Å². The highest BCUT2D eigenvalue weighted by Gasteiger charge is 2.10. The molecule has 0 radical (unpaired) electrons. The lowest BCUT2D eigenvalue weighted by molar-refractivity contribution is -0.671. The van der Waals surface area contributed by atoms with E-state index in [1.165, 1.54) is 231 Å². The number of aromatic nitrogens is 1. The Morgan fingerprint density at radius 3 is 1.05 bits per heavy atom. The van der Waals surface area contributed by atoms with Crippen molar-refractivity contribution in [2.75, 3.05) is 18.0 Å². The van der Waals surface area contributed by atoms with Gasteiger partial charge in [0, 0.05) is 36.5 Å². The molecule has 0 aliphatic rings. The van der Waals surface area contributed by atoms with Gasteiger partial charge in [-0.05, 0) is 36.6 Å². The van der Waals surface area contributed by atoms with E-state index in [1.807, 2.05) is 42.2 Å². The van der Waals surface area contributed by atoms with Crippen molar-refractivity contribution in [3.05, 3.63) is 59.7 Å². The van der Waals surface area contributed by atoms with Gasteiger partial charge in [-0.25, -0.2) is 8.96 Å². The third kappa shape index (κ3) is 29.7. The predicted molar refractivity (Wildman–Crippen MR) is 253 cm³/mol. The monoisotopic (exact) mass is 790 g/mol. The highest BCUT2D eigenvalue weighted by Crippen LogP contribution is 2.23. The average Bonchev–Trinajstić information content (AvgIpc) is 3.22. The summed E-state index contributed by atoms with van der Waals surface area (Å²) in [5.41, 5.74) is 2.80. The third-order valence-corrected chi connectivity index (χ3v) is 12.4. The van der Waals surface area contributed by atoms with Gasteiger partial charge in [-0.3, -0.25) is 0 Å². The molecule has 0 aliphatic carbocycles. The van der Waals surface area contributed by atoms with Crippen LogP contribution >= 0.6 is 0 Å². The number of pyridine rings is 1. The Morgan fingerprint density at radius 2 is 0.737 bits per heavy atom. The van der Waals surface area contributed by atoms with Crippen LogP contribution in [0, 0.1) is 5.82 Å². The zero-order valence-corrected chi connectivity index (χ0v) is 38.3. The van der Waals surface area contributed by atoms with Crippen LogP contribution in [0.25, 0.3) is 12.2 Å². The molecule has 0 fully saturated rings. The van der Waals surface area contributed by atoms with E-state index in [0.29, 0.717) is 5.56 Å². The molecule has 2 rings (SSSR count). The molecule has 0 amide bonds. The number of halogens is 1. The van der Waals surface area contributed by atoms with Crippen molar-refractivity contribution in [3.8, 4) is 0 Å². The highest BCUT2D eigenvalue weighted by molar-refractivity contribution is 5.70. The molecular weight excluding hydrogens is 696 g/mol. The summed E-state index contributed by atoms with van der Waals surface area (Å²) >= 11 is 0. The van der Waals surface area contributed by atoms with Crippen molar-refractivity contribution >= 4 is 17.8 Å². The maximum absolute atomic E-state index is 15.4. The second kappa shape index (κ2) is 38.1. The van der Waals surface area contributed by atoms with Gasteiger partial charge in [0.15, 0.2) is 12.4 Å². The molecule has 1 heterocycles. The van der Waals surface area contributed by atoms with Crippen LogP contribution in [0.5, 0.6) is 0 Å². The number of unbranched alkanes of at least 4 members (excludes halogenated alkanes) is 34. The topological polar surface area (TPSA) is 7.12 Å². The lowest BCUT2D eigenvalue weighted by atomic mass is 10.0. The summed E-state index contributed by atoms with van der Waals surface area (Å²) in [4.78, 5) is 2.48. The lowest BCUT2D eigenvalue weighted by Gasteiger charge is -2.25. The highest BCUT2D eigenvalue weighted by atomic mass is 19.1. The van der Waals surface area contributed by atoms with E-state index in [4.69, 9.17) is 0 Å². The number of nitrogens with zero attached hydrogens (tertiary/aromatic N) is 2. The second-order valence-electron chi connectivity index (χ2n) is 17.8. The summed E-state index contributed by atoms with van der Waals surface area (Å²) in [6, 6.07) is 10.0. The molecule has 2 nitrogen and oxygen atoms in total. The SMILES string of the molecule is CCCCCCCCCCCCCCCCCCCCN(CCCCCCCCCCCCCCCCCCCC)c1ccc(C=Cc2cc[n+](C)cc2)c(F)c1. The molecule has 0 aliphatic heterocycles. The van der Waals surface area contributed by atoms with Crippen LogP contribution in [0.1, 0.15) is 256 Å². The number of benzene rings is 1. The van der Waals surface area contributed by atoms with Crippen LogP contribution in [-0.2, 0) is 7.05 Å². The summed E-state index contributed by atoms with van der Waals surface area (Å²) in [6.07, 6.45) is 58.4. The molecule has 0 saturated heterocycles. The smallest absolute Gasteiger partial charge is 0.169 e. The molecule has 1 aromatic heterocycles. The summed E-state index contributed by atoms with van der Waals surface area (Å²) in [5.74, 6) is -0.120. The Hall–Kier alpha value is -2.16.